The molecule has 0 saturated heterocycles. The molecular formula is C22H17F2N3O4S. The van der Waals surface area contributed by atoms with Crippen molar-refractivity contribution in [2.75, 3.05) is 4.72 Å². The van der Waals surface area contributed by atoms with Crippen molar-refractivity contribution < 1.29 is 27.2 Å². The number of nitrogens with one attached hydrogen (secondary N) is 2. The van der Waals surface area contributed by atoms with Crippen LogP contribution in [0.25, 0.3) is 22.0 Å². The number of amides is 1. The predicted octanol–water partition coefficient (Wildman–Crippen LogP) is 4.04. The van der Waals surface area contributed by atoms with Crippen LogP contribution in [-0.2, 0) is 17.1 Å². The maximum Gasteiger partial charge on any atom is 0.274 e. The van der Waals surface area contributed by atoms with Crippen molar-refractivity contribution in [2.45, 2.75) is 4.90 Å². The zero-order valence-electron chi connectivity index (χ0n) is 16.6. The highest BCUT2D eigenvalue weighted by molar-refractivity contribution is 7.92. The lowest BCUT2D eigenvalue weighted by Crippen LogP contribution is -2.19. The molecular weight excluding hydrogens is 440 g/mol. The molecule has 164 valence electrons. The number of carbonyl (C=O) groups is 1. The molecule has 0 saturated carbocycles. The van der Waals surface area contributed by atoms with Crippen molar-refractivity contribution in [3.05, 3.63) is 84.1 Å². The van der Waals surface area contributed by atoms with Crippen molar-refractivity contribution in [2.24, 2.45) is 7.05 Å². The fourth-order valence-corrected chi connectivity index (χ4v) is 4.49. The summed E-state index contributed by atoms with van der Waals surface area (Å²) < 4.78 is 57.5. The van der Waals surface area contributed by atoms with E-state index in [1.807, 2.05) is 0 Å². The molecule has 10 heteroatoms. The molecule has 4 rings (SSSR count). The Bertz CT molecular complexity index is 1450. The van der Waals surface area contributed by atoms with E-state index >= 15 is 0 Å². The quantitative estimate of drug-likeness (QED) is 0.311. The molecule has 32 heavy (non-hydrogen) atoms. The molecule has 0 radical (unpaired) electrons. The third-order valence-corrected chi connectivity index (χ3v) is 6.39. The van der Waals surface area contributed by atoms with Gasteiger partial charge >= 0.3 is 0 Å². The Hall–Kier alpha value is -3.76. The molecule has 1 aromatic heterocycles. The van der Waals surface area contributed by atoms with Crippen LogP contribution in [0.2, 0.25) is 0 Å². The zero-order chi connectivity index (χ0) is 23.0. The molecule has 0 spiro atoms. The minimum Gasteiger partial charge on any atom is -0.350 e. The molecule has 7 nitrogen and oxygen atoms in total. The number of hydrogen-bond donors (Lipinski definition) is 3. The van der Waals surface area contributed by atoms with Crippen LogP contribution in [0, 0.1) is 11.6 Å². The topological polar surface area (TPSA) is 100 Å². The number of sulfonamides is 1. The number of halogens is 2. The van der Waals surface area contributed by atoms with E-state index in [0.29, 0.717) is 10.9 Å². The van der Waals surface area contributed by atoms with Gasteiger partial charge in [0.15, 0.2) is 0 Å². The summed E-state index contributed by atoms with van der Waals surface area (Å²) in [6.45, 7) is 0. The first-order valence-corrected chi connectivity index (χ1v) is 10.8. The van der Waals surface area contributed by atoms with Gasteiger partial charge in [-0.1, -0.05) is 0 Å². The summed E-state index contributed by atoms with van der Waals surface area (Å²) in [5.74, 6) is -2.19. The van der Waals surface area contributed by atoms with Gasteiger partial charge in [-0.05, 0) is 54.6 Å². The average Bonchev–Trinajstić information content (AvgIpc) is 3.08. The molecule has 0 bridgehead atoms. The van der Waals surface area contributed by atoms with Crippen LogP contribution < -0.4 is 10.2 Å². The second-order valence-corrected chi connectivity index (χ2v) is 8.76. The lowest BCUT2D eigenvalue weighted by molar-refractivity contribution is 0.0706. The number of hydrogen-bond acceptors (Lipinski definition) is 4. The normalized spacial score (nSPS) is 11.5. The Balaban J connectivity index is 1.71. The maximum atomic E-state index is 14.4. The second-order valence-electron chi connectivity index (χ2n) is 7.08. The molecule has 0 aliphatic heterocycles. The molecule has 1 amide bonds. The number of anilines is 1. The third kappa shape index (κ3) is 3.93. The number of carbonyl (C=O) groups excluding carboxylic acids is 1. The largest absolute Gasteiger partial charge is 0.350 e. The minimum atomic E-state index is -3.99. The lowest BCUT2D eigenvalue weighted by atomic mass is 10.0. The number of aromatic nitrogens is 1. The highest BCUT2D eigenvalue weighted by atomic mass is 32.2. The first-order valence-electron chi connectivity index (χ1n) is 9.31. The standard InChI is InChI=1S/C22H17F2N3O4S/c1-27-12-19(17-8-4-14(23)10-20(17)24)18-11-15(5-9-21(18)27)26-32(30,31)16-6-2-13(3-7-16)22(28)25-29/h2-12,26,29H,1H3,(H,25,28). The summed E-state index contributed by atoms with van der Waals surface area (Å²) in [6.07, 6.45) is 1.68. The van der Waals surface area contributed by atoms with Crippen LogP contribution in [-0.4, -0.2) is 24.1 Å². The van der Waals surface area contributed by atoms with Crippen molar-refractivity contribution >= 4 is 32.5 Å². The summed E-state index contributed by atoms with van der Waals surface area (Å²) in [5, 5.41) is 9.24. The Morgan fingerprint density at radius 2 is 1.69 bits per heavy atom. The SMILES string of the molecule is Cn1cc(-c2ccc(F)cc2F)c2cc(NS(=O)(=O)c3ccc(C(=O)NO)cc3)ccc21. The van der Waals surface area contributed by atoms with Gasteiger partial charge in [0, 0.05) is 52.6 Å². The summed E-state index contributed by atoms with van der Waals surface area (Å²) in [5.41, 5.74) is 3.20. The summed E-state index contributed by atoms with van der Waals surface area (Å²) in [6, 6.07) is 13.1. The van der Waals surface area contributed by atoms with Crippen LogP contribution >= 0.6 is 0 Å². The lowest BCUT2D eigenvalue weighted by Gasteiger charge is -2.10. The fourth-order valence-electron chi connectivity index (χ4n) is 3.44. The van der Waals surface area contributed by atoms with Crippen LogP contribution in [0.3, 0.4) is 0 Å². The second kappa shape index (κ2) is 8.06. The molecule has 4 aromatic rings. The highest BCUT2D eigenvalue weighted by Crippen LogP contribution is 2.34. The number of rotatable bonds is 5. The van der Waals surface area contributed by atoms with E-state index in [0.717, 1.165) is 17.6 Å². The monoisotopic (exact) mass is 457 g/mol. The van der Waals surface area contributed by atoms with Crippen molar-refractivity contribution in [3.63, 3.8) is 0 Å². The Morgan fingerprint density at radius 3 is 2.34 bits per heavy atom. The van der Waals surface area contributed by atoms with E-state index in [-0.39, 0.29) is 21.7 Å². The Labute approximate surface area is 181 Å². The van der Waals surface area contributed by atoms with Gasteiger partial charge < -0.3 is 4.57 Å². The number of fused-ring (bicyclic) bond motifs is 1. The number of nitrogens with zero attached hydrogens (tertiary/aromatic N) is 1. The molecule has 0 aliphatic carbocycles. The molecule has 3 aromatic carbocycles. The number of aryl methyl sites for hydroxylation is 1. The third-order valence-electron chi connectivity index (χ3n) is 4.99. The van der Waals surface area contributed by atoms with Gasteiger partial charge in [-0.25, -0.2) is 22.7 Å². The van der Waals surface area contributed by atoms with Gasteiger partial charge in [-0.3, -0.25) is 14.7 Å². The Morgan fingerprint density at radius 1 is 0.969 bits per heavy atom. The molecule has 1 heterocycles. The van der Waals surface area contributed by atoms with Crippen LogP contribution in [0.15, 0.2) is 71.8 Å². The first kappa shape index (κ1) is 21.5. The van der Waals surface area contributed by atoms with E-state index in [1.165, 1.54) is 35.8 Å². The van der Waals surface area contributed by atoms with Crippen molar-refractivity contribution in [3.8, 4) is 11.1 Å². The molecule has 0 fully saturated rings. The minimum absolute atomic E-state index is 0.0862. The summed E-state index contributed by atoms with van der Waals surface area (Å²) in [4.78, 5) is 11.3. The van der Waals surface area contributed by atoms with Crippen LogP contribution in [0.4, 0.5) is 14.5 Å². The first-order chi connectivity index (χ1) is 15.2. The molecule has 0 aliphatic rings. The van der Waals surface area contributed by atoms with E-state index < -0.39 is 27.6 Å². The van der Waals surface area contributed by atoms with E-state index in [4.69, 9.17) is 5.21 Å². The van der Waals surface area contributed by atoms with E-state index in [2.05, 4.69) is 4.72 Å². The molecule has 0 unspecified atom stereocenters. The van der Waals surface area contributed by atoms with Gasteiger partial charge in [0.05, 0.1) is 4.90 Å². The molecule has 0 atom stereocenters. The van der Waals surface area contributed by atoms with Gasteiger partial charge in [0.2, 0.25) is 0 Å². The van der Waals surface area contributed by atoms with Gasteiger partial charge in [-0.15, -0.1) is 0 Å². The zero-order valence-corrected chi connectivity index (χ0v) is 17.5. The maximum absolute atomic E-state index is 14.4. The fraction of sp³-hybridized carbons (Fsp3) is 0.0455. The van der Waals surface area contributed by atoms with Crippen LogP contribution in [0.5, 0.6) is 0 Å². The smallest absolute Gasteiger partial charge is 0.274 e. The summed E-state index contributed by atoms with van der Waals surface area (Å²) in [7, 11) is -2.23. The van der Waals surface area contributed by atoms with E-state index in [1.54, 1.807) is 36.0 Å². The van der Waals surface area contributed by atoms with E-state index in [9.17, 15) is 22.0 Å². The van der Waals surface area contributed by atoms with Gasteiger partial charge in [0.25, 0.3) is 15.9 Å². The van der Waals surface area contributed by atoms with Gasteiger partial charge in [0.1, 0.15) is 11.6 Å². The number of hydroxylamine groups is 1. The predicted molar refractivity (Wildman–Crippen MR) is 115 cm³/mol. The number of benzene rings is 3. The van der Waals surface area contributed by atoms with Gasteiger partial charge in [-0.2, -0.15) is 0 Å². The summed E-state index contributed by atoms with van der Waals surface area (Å²) >= 11 is 0. The average molecular weight is 457 g/mol. The molecule has 3 N–H and O–H groups in total. The van der Waals surface area contributed by atoms with Crippen molar-refractivity contribution in [1.82, 2.24) is 10.0 Å². The Kier molecular flexibility index (Phi) is 5.41. The van der Waals surface area contributed by atoms with Crippen molar-refractivity contribution in [1.29, 1.82) is 0 Å². The highest BCUT2D eigenvalue weighted by Gasteiger charge is 2.18. The van der Waals surface area contributed by atoms with Crippen LogP contribution in [0.1, 0.15) is 10.4 Å².